The number of fused-ring (bicyclic) bond motifs is 7. The highest BCUT2D eigenvalue weighted by atomic mass is 32.1. The molecule has 0 bridgehead atoms. The minimum absolute atomic E-state index is 0.868. The predicted molar refractivity (Wildman–Crippen MR) is 158 cm³/mol. The average molecular weight is 505 g/mol. The van der Waals surface area contributed by atoms with Crippen LogP contribution >= 0.6 is 11.7 Å². The third kappa shape index (κ3) is 3.12. The molecule has 2 aromatic heterocycles. The Kier molecular flexibility index (Phi) is 4.66. The van der Waals surface area contributed by atoms with Crippen molar-refractivity contribution in [2.45, 2.75) is 0 Å². The monoisotopic (exact) mass is 504 g/mol. The summed E-state index contributed by atoms with van der Waals surface area (Å²) in [5.41, 5.74) is 8.27. The number of rotatable bonds is 3. The Hall–Kier alpha value is -4.87. The topological polar surface area (TPSA) is 43.6 Å². The van der Waals surface area contributed by atoms with Crippen LogP contribution in [0.15, 0.2) is 121 Å². The van der Waals surface area contributed by atoms with E-state index in [1.807, 2.05) is 18.2 Å². The zero-order valence-electron chi connectivity index (χ0n) is 20.2. The van der Waals surface area contributed by atoms with Crippen LogP contribution in [0.4, 0.5) is 0 Å². The van der Waals surface area contributed by atoms with Crippen molar-refractivity contribution in [3.8, 4) is 28.2 Å². The van der Waals surface area contributed by atoms with Crippen molar-refractivity contribution >= 4 is 55.3 Å². The van der Waals surface area contributed by atoms with Crippen LogP contribution in [0.1, 0.15) is 0 Å². The van der Waals surface area contributed by atoms with E-state index in [9.17, 15) is 0 Å². The Balaban J connectivity index is 1.51. The maximum atomic E-state index is 5.35. The fourth-order valence-corrected chi connectivity index (χ4v) is 6.11. The van der Waals surface area contributed by atoms with Gasteiger partial charge in [-0.15, -0.1) is 0 Å². The van der Waals surface area contributed by atoms with Gasteiger partial charge in [-0.1, -0.05) is 97.1 Å². The van der Waals surface area contributed by atoms with Crippen LogP contribution < -0.4 is 0 Å². The van der Waals surface area contributed by atoms with E-state index in [0.29, 0.717) is 0 Å². The maximum absolute atomic E-state index is 5.35. The molecule has 4 nitrogen and oxygen atoms in total. The van der Waals surface area contributed by atoms with Crippen LogP contribution in [-0.2, 0) is 0 Å². The molecule has 2 heterocycles. The van der Waals surface area contributed by atoms with Gasteiger partial charge < -0.3 is 0 Å². The molecule has 0 N–H and O–H groups in total. The molecule has 0 saturated carbocycles. The fraction of sp³-hybridized carbons (Fsp3) is 0. The predicted octanol–water partition coefficient (Wildman–Crippen LogP) is 8.67. The van der Waals surface area contributed by atoms with Gasteiger partial charge in [0.15, 0.2) is 0 Å². The second kappa shape index (κ2) is 8.33. The van der Waals surface area contributed by atoms with Crippen molar-refractivity contribution in [1.82, 2.24) is 18.3 Å². The fourth-order valence-electron chi connectivity index (χ4n) is 5.56. The van der Waals surface area contributed by atoms with E-state index in [2.05, 4.69) is 116 Å². The van der Waals surface area contributed by atoms with Crippen molar-refractivity contribution in [2.75, 3.05) is 0 Å². The molecular weight excluding hydrogens is 484 g/mol. The lowest BCUT2D eigenvalue weighted by Crippen LogP contribution is -1.99. The smallest absolute Gasteiger partial charge is 0.148 e. The van der Waals surface area contributed by atoms with E-state index in [0.717, 1.165) is 44.5 Å². The summed E-state index contributed by atoms with van der Waals surface area (Å²) in [7, 11) is 0. The molecule has 0 radical (unpaired) electrons. The summed E-state index contributed by atoms with van der Waals surface area (Å²) in [6.07, 6.45) is 0. The van der Waals surface area contributed by atoms with Crippen molar-refractivity contribution in [2.24, 2.45) is 0 Å². The average Bonchev–Trinajstić information content (AvgIpc) is 3.64. The molecule has 0 fully saturated rings. The molecule has 178 valence electrons. The van der Waals surface area contributed by atoms with E-state index < -0.39 is 0 Å². The first-order chi connectivity index (χ1) is 18.9. The summed E-state index contributed by atoms with van der Waals surface area (Å²) in [6, 6.07) is 42.6. The van der Waals surface area contributed by atoms with Gasteiger partial charge in [0, 0.05) is 22.0 Å². The Labute approximate surface area is 222 Å². The highest BCUT2D eigenvalue weighted by Gasteiger charge is 2.22. The van der Waals surface area contributed by atoms with Gasteiger partial charge in [-0.3, -0.25) is 4.57 Å². The molecule has 0 atom stereocenters. The molecule has 0 unspecified atom stereocenters. The van der Waals surface area contributed by atoms with Crippen LogP contribution in [0, 0.1) is 0 Å². The summed E-state index contributed by atoms with van der Waals surface area (Å²) < 4.78 is 11.5. The van der Waals surface area contributed by atoms with Crippen molar-refractivity contribution in [1.29, 1.82) is 0 Å². The Morgan fingerprint density at radius 1 is 0.500 bits per heavy atom. The first-order valence-corrected chi connectivity index (χ1v) is 13.3. The number of imidazole rings is 1. The zero-order chi connectivity index (χ0) is 25.1. The van der Waals surface area contributed by atoms with E-state index >= 15 is 0 Å². The summed E-state index contributed by atoms with van der Waals surface area (Å²) >= 11 is 1.24. The first-order valence-electron chi connectivity index (χ1n) is 12.6. The van der Waals surface area contributed by atoms with Crippen molar-refractivity contribution in [3.05, 3.63) is 121 Å². The second-order valence-electron chi connectivity index (χ2n) is 9.41. The lowest BCUT2D eigenvalue weighted by molar-refractivity contribution is 1.11. The quantitative estimate of drug-likeness (QED) is 0.226. The molecule has 8 rings (SSSR count). The molecule has 0 aliphatic rings. The lowest BCUT2D eigenvalue weighted by Gasteiger charge is -2.13. The Bertz CT molecular complexity index is 2120. The molecule has 8 aromatic rings. The molecule has 0 saturated heterocycles. The maximum Gasteiger partial charge on any atom is 0.148 e. The normalized spacial score (nSPS) is 11.7. The van der Waals surface area contributed by atoms with Crippen molar-refractivity contribution in [3.63, 3.8) is 0 Å². The number of hydrogen-bond donors (Lipinski definition) is 0. The Morgan fingerprint density at radius 3 is 1.95 bits per heavy atom. The minimum atomic E-state index is 0.868. The lowest BCUT2D eigenvalue weighted by atomic mass is 10.00. The number of hydrogen-bond acceptors (Lipinski definition) is 4. The first kappa shape index (κ1) is 21.2. The summed E-state index contributed by atoms with van der Waals surface area (Å²) in [6.45, 7) is 0. The molecule has 0 aliphatic carbocycles. The van der Waals surface area contributed by atoms with Gasteiger partial charge in [0.25, 0.3) is 0 Å². The van der Waals surface area contributed by atoms with E-state index in [4.69, 9.17) is 4.98 Å². The van der Waals surface area contributed by atoms with Crippen LogP contribution in [0.2, 0.25) is 0 Å². The zero-order valence-corrected chi connectivity index (χ0v) is 21.1. The number of benzene rings is 6. The number of nitrogens with zero attached hydrogens (tertiary/aromatic N) is 4. The van der Waals surface area contributed by atoms with Gasteiger partial charge in [0.1, 0.15) is 16.9 Å². The van der Waals surface area contributed by atoms with E-state index in [1.54, 1.807) is 0 Å². The van der Waals surface area contributed by atoms with Gasteiger partial charge in [0.2, 0.25) is 0 Å². The third-order valence-corrected chi connectivity index (χ3v) is 7.83. The molecule has 0 amide bonds. The summed E-state index contributed by atoms with van der Waals surface area (Å²) in [5.74, 6) is 0.868. The third-order valence-electron chi connectivity index (χ3n) is 7.29. The molecule has 5 heteroatoms. The van der Waals surface area contributed by atoms with Gasteiger partial charge in [-0.2, -0.15) is 8.75 Å². The summed E-state index contributed by atoms with van der Waals surface area (Å²) in [4.78, 5) is 5.35. The van der Waals surface area contributed by atoms with Crippen LogP contribution in [0.3, 0.4) is 0 Å². The van der Waals surface area contributed by atoms with Crippen LogP contribution in [-0.4, -0.2) is 18.3 Å². The van der Waals surface area contributed by atoms with Gasteiger partial charge in [0.05, 0.1) is 22.8 Å². The molecule has 6 aromatic carbocycles. The van der Waals surface area contributed by atoms with Crippen molar-refractivity contribution < 1.29 is 0 Å². The summed E-state index contributed by atoms with van der Waals surface area (Å²) in [5, 5.41) is 4.75. The molecule has 0 spiro atoms. The molecular formula is C33H20N4S. The highest BCUT2D eigenvalue weighted by Crippen LogP contribution is 2.40. The minimum Gasteiger partial charge on any atom is -0.292 e. The SMILES string of the molecule is c1ccc(-c2ccc(-n3c(-c4cccc5nsnc45)nc4c5ccccc5c5ccccc5c43)cc2)cc1. The van der Waals surface area contributed by atoms with E-state index in [-0.39, 0.29) is 0 Å². The van der Waals surface area contributed by atoms with Gasteiger partial charge in [-0.05, 0) is 46.2 Å². The number of aromatic nitrogens is 4. The second-order valence-corrected chi connectivity index (χ2v) is 9.94. The Morgan fingerprint density at radius 2 is 1.16 bits per heavy atom. The van der Waals surface area contributed by atoms with Crippen LogP contribution in [0.25, 0.3) is 71.8 Å². The van der Waals surface area contributed by atoms with Crippen LogP contribution in [0.5, 0.6) is 0 Å². The molecule has 38 heavy (non-hydrogen) atoms. The standard InChI is InChI=1S/C33H20N4S/c1-2-9-21(10-3-1)22-17-19-23(20-18-22)37-32-27-14-7-5-12-25(27)24-11-4-6-13-26(24)31(32)34-33(37)28-15-8-16-29-30(28)36-38-35-29/h1-20H. The van der Waals surface area contributed by atoms with Gasteiger partial charge in [-0.25, -0.2) is 4.98 Å². The van der Waals surface area contributed by atoms with Gasteiger partial charge >= 0.3 is 0 Å². The highest BCUT2D eigenvalue weighted by molar-refractivity contribution is 7.00. The molecule has 0 aliphatic heterocycles. The largest absolute Gasteiger partial charge is 0.292 e. The van der Waals surface area contributed by atoms with E-state index in [1.165, 1.54) is 39.0 Å².